The quantitative estimate of drug-likeness (QED) is 0.821. The van der Waals surface area contributed by atoms with Gasteiger partial charge in [0.05, 0.1) is 9.79 Å². The molecular formula is C12H11O2S2+. The van der Waals surface area contributed by atoms with Gasteiger partial charge >= 0.3 is 1.43 Å². The Balaban J connectivity index is 0.00000128. The molecule has 0 amide bonds. The molecule has 16 heavy (non-hydrogen) atoms. The molecule has 0 aliphatic rings. The van der Waals surface area contributed by atoms with Crippen LogP contribution in [0.2, 0.25) is 0 Å². The Morgan fingerprint density at radius 1 is 0.688 bits per heavy atom. The van der Waals surface area contributed by atoms with Crippen molar-refractivity contribution in [3.63, 3.8) is 0 Å². The lowest BCUT2D eigenvalue weighted by molar-refractivity contribution is 0.596. The third-order valence-electron chi connectivity index (χ3n) is 2.11. The van der Waals surface area contributed by atoms with E-state index >= 15 is 0 Å². The van der Waals surface area contributed by atoms with Gasteiger partial charge in [0.2, 0.25) is 9.84 Å². The van der Waals surface area contributed by atoms with Crippen LogP contribution in [0, 0.1) is 0 Å². The van der Waals surface area contributed by atoms with Crippen LogP contribution in [0.1, 0.15) is 1.43 Å². The lowest BCUT2D eigenvalue weighted by Gasteiger charge is -2.03. The Labute approximate surface area is 104 Å². The fourth-order valence-electron chi connectivity index (χ4n) is 1.34. The lowest BCUT2D eigenvalue weighted by Crippen LogP contribution is -2.00. The second kappa shape index (κ2) is 5.18. The maximum Gasteiger partial charge on any atom is 1.00 e. The largest absolute Gasteiger partial charge is 1.00 e. The van der Waals surface area contributed by atoms with Crippen molar-refractivity contribution in [2.45, 2.75) is 9.79 Å². The molecule has 0 spiro atoms. The molecular weight excluding hydrogens is 240 g/mol. The molecule has 2 aromatic carbocycles. The highest BCUT2D eigenvalue weighted by Gasteiger charge is 2.15. The van der Waals surface area contributed by atoms with E-state index in [2.05, 4.69) is 0 Å². The molecule has 0 saturated carbocycles. The van der Waals surface area contributed by atoms with E-state index in [0.717, 1.165) is 0 Å². The van der Waals surface area contributed by atoms with Crippen LogP contribution in [0.3, 0.4) is 0 Å². The second-order valence-corrected chi connectivity index (χ2v) is 5.08. The minimum atomic E-state index is -3.34. The molecule has 2 rings (SSSR count). The van der Waals surface area contributed by atoms with Gasteiger partial charge in [-0.1, -0.05) is 36.4 Å². The van der Waals surface area contributed by atoms with Crippen LogP contribution in [0.25, 0.3) is 0 Å². The average molecular weight is 251 g/mol. The van der Waals surface area contributed by atoms with Crippen LogP contribution < -0.4 is 0 Å². The highest BCUT2D eigenvalue weighted by Crippen LogP contribution is 2.19. The first-order valence-corrected chi connectivity index (χ1v) is 6.05. The third-order valence-corrected chi connectivity index (χ3v) is 3.89. The number of hydrogen-bond acceptors (Lipinski definition) is 2. The molecule has 82 valence electrons. The van der Waals surface area contributed by atoms with Crippen molar-refractivity contribution in [1.29, 1.82) is 0 Å². The molecule has 0 fully saturated rings. The predicted molar refractivity (Wildman–Crippen MR) is 67.0 cm³/mol. The van der Waals surface area contributed by atoms with E-state index in [1.807, 2.05) is 0 Å². The number of sulfone groups is 1. The number of benzene rings is 2. The Morgan fingerprint density at radius 2 is 1.00 bits per heavy atom. The smallest absolute Gasteiger partial charge is 0.219 e. The maximum absolute atomic E-state index is 12.0. The summed E-state index contributed by atoms with van der Waals surface area (Å²) in [5.41, 5.74) is 0. The fourth-order valence-corrected chi connectivity index (χ4v) is 2.64. The Kier molecular flexibility index (Phi) is 4.15. The van der Waals surface area contributed by atoms with Crippen LogP contribution in [0.5, 0.6) is 0 Å². The van der Waals surface area contributed by atoms with Crippen molar-refractivity contribution in [3.8, 4) is 0 Å². The van der Waals surface area contributed by atoms with Crippen molar-refractivity contribution in [2.24, 2.45) is 0 Å². The molecule has 0 atom stereocenters. The van der Waals surface area contributed by atoms with Crippen LogP contribution in [0.4, 0.5) is 0 Å². The van der Waals surface area contributed by atoms with Crippen LogP contribution in [-0.2, 0) is 9.84 Å². The summed E-state index contributed by atoms with van der Waals surface area (Å²) in [7, 11) is -3.34. The first kappa shape index (κ1) is 12.8. The molecule has 0 N–H and O–H groups in total. The summed E-state index contributed by atoms with van der Waals surface area (Å²) in [4.78, 5) is 0.660. The fraction of sp³-hybridized carbons (Fsp3) is 0. The van der Waals surface area contributed by atoms with Crippen LogP contribution in [-0.4, -0.2) is 8.42 Å². The summed E-state index contributed by atoms with van der Waals surface area (Å²) in [5.74, 6) is 0. The van der Waals surface area contributed by atoms with Crippen molar-refractivity contribution in [3.05, 3.63) is 60.7 Å². The van der Waals surface area contributed by atoms with Gasteiger partial charge in [0.1, 0.15) is 0 Å². The molecule has 0 saturated heterocycles. The highest BCUT2D eigenvalue weighted by atomic mass is 32.2. The molecule has 2 aromatic rings. The van der Waals surface area contributed by atoms with E-state index in [4.69, 9.17) is 0 Å². The van der Waals surface area contributed by atoms with Gasteiger partial charge in [-0.05, 0) is 24.3 Å². The molecule has 0 aromatic heterocycles. The minimum absolute atomic E-state index is 0. The van der Waals surface area contributed by atoms with E-state index in [9.17, 15) is 8.42 Å². The van der Waals surface area contributed by atoms with Crippen LogP contribution >= 0.6 is 13.5 Å². The normalized spacial score (nSPS) is 10.5. The summed E-state index contributed by atoms with van der Waals surface area (Å²) < 4.78 is 24.1. The summed E-state index contributed by atoms with van der Waals surface area (Å²) in [6, 6.07) is 16.9. The third kappa shape index (κ3) is 2.46. The molecule has 0 unspecified atom stereocenters. The van der Waals surface area contributed by atoms with Crippen molar-refractivity contribution in [1.82, 2.24) is 0 Å². The molecule has 0 bridgehead atoms. The summed E-state index contributed by atoms with van der Waals surface area (Å²) >= 11 is 0. The van der Waals surface area contributed by atoms with E-state index < -0.39 is 9.84 Å². The lowest BCUT2D eigenvalue weighted by atomic mass is 10.4. The Bertz CT molecular complexity index is 494. The molecule has 4 heteroatoms. The monoisotopic (exact) mass is 251 g/mol. The molecule has 0 aliphatic heterocycles. The first-order chi connectivity index (χ1) is 7.21. The van der Waals surface area contributed by atoms with E-state index in [1.54, 1.807) is 60.7 Å². The van der Waals surface area contributed by atoms with E-state index in [-0.39, 0.29) is 14.9 Å². The summed E-state index contributed by atoms with van der Waals surface area (Å²) in [6.07, 6.45) is 0. The summed E-state index contributed by atoms with van der Waals surface area (Å²) in [6.45, 7) is 0. The van der Waals surface area contributed by atoms with Gasteiger partial charge in [-0.15, -0.1) is 0 Å². The second-order valence-electron chi connectivity index (χ2n) is 3.13. The number of hydrogen-bond donors (Lipinski definition) is 0. The van der Waals surface area contributed by atoms with Gasteiger partial charge in [0.15, 0.2) is 0 Å². The number of rotatable bonds is 2. The van der Waals surface area contributed by atoms with Crippen molar-refractivity contribution >= 4 is 23.3 Å². The molecule has 0 heterocycles. The van der Waals surface area contributed by atoms with Gasteiger partial charge in [0, 0.05) is 13.5 Å². The maximum atomic E-state index is 12.0. The molecule has 2 nitrogen and oxygen atoms in total. The van der Waals surface area contributed by atoms with Crippen LogP contribution in [0.15, 0.2) is 70.5 Å². The zero-order valence-electron chi connectivity index (χ0n) is 9.41. The predicted octanol–water partition coefficient (Wildman–Crippen LogP) is 3.28. The minimum Gasteiger partial charge on any atom is -0.219 e. The van der Waals surface area contributed by atoms with Gasteiger partial charge in [-0.25, -0.2) is 8.42 Å². The van der Waals surface area contributed by atoms with Gasteiger partial charge in [-0.3, -0.25) is 0 Å². The van der Waals surface area contributed by atoms with Gasteiger partial charge < -0.3 is 0 Å². The standard InChI is InChI=1S/C12H10O2S.S/c13-15(14,11-7-3-1-4-8-11)12-9-5-2-6-10-12;/h1-10H;/p+1. The zero-order chi connectivity index (χ0) is 10.7. The van der Waals surface area contributed by atoms with E-state index in [0.29, 0.717) is 9.79 Å². The Morgan fingerprint density at radius 3 is 1.31 bits per heavy atom. The van der Waals surface area contributed by atoms with Gasteiger partial charge in [-0.2, -0.15) is 0 Å². The van der Waals surface area contributed by atoms with E-state index in [1.165, 1.54) is 0 Å². The zero-order valence-corrected chi connectivity index (χ0v) is 10.0. The molecule has 2 radical (unpaired) electrons. The van der Waals surface area contributed by atoms with Gasteiger partial charge in [0.25, 0.3) is 0 Å². The topological polar surface area (TPSA) is 34.1 Å². The summed E-state index contributed by atoms with van der Waals surface area (Å²) in [5, 5.41) is 0. The Hall–Kier alpha value is -1.26. The SMILES string of the molecule is O=S(=O)(c1ccccc1)c1ccccc1.[H+].[S]. The highest BCUT2D eigenvalue weighted by molar-refractivity contribution is 7.91. The molecule has 0 aliphatic carbocycles. The van der Waals surface area contributed by atoms with Crippen molar-refractivity contribution < 1.29 is 9.84 Å². The van der Waals surface area contributed by atoms with Crippen molar-refractivity contribution in [2.75, 3.05) is 0 Å². The average Bonchev–Trinajstić information content (AvgIpc) is 2.31. The first-order valence-electron chi connectivity index (χ1n) is 4.56.